The second-order valence-corrected chi connectivity index (χ2v) is 22.2. The van der Waals surface area contributed by atoms with Gasteiger partial charge < -0.3 is 39.5 Å². The fourth-order valence-electron chi connectivity index (χ4n) is 13.5. The number of nitriles is 3. The molecule has 4 saturated heterocycles. The topological polar surface area (TPSA) is 202 Å². The van der Waals surface area contributed by atoms with Crippen molar-refractivity contribution in [3.05, 3.63) is 69.8 Å². The molecule has 4 heterocycles. The molecular formula is C56H76N6O8S2. The Morgan fingerprint density at radius 3 is 1.85 bits per heavy atom. The SMILES string of the molecule is C1CCOC1.CCOC(=O)[C@]1(SC#N)c2cc(C#N)ccc2C[C@@]12CC[C@H](OC)[C@@H](CC)C2.CC[C@H]1C[C@@]2(CC[C@@H]1OC)Cc1ccc(C#N)cc1[C@]21NC(=S)N(C[C@H]2CCCO2)C1=O.NC[C@H]1CCCO1. The maximum Gasteiger partial charge on any atom is 0.328 e. The average molecular weight is 1030 g/mol. The number of amides is 1. The lowest BCUT2D eigenvalue weighted by molar-refractivity contribution is -0.153. The maximum atomic E-state index is 14.3. The van der Waals surface area contributed by atoms with E-state index in [1.165, 1.54) is 19.3 Å². The van der Waals surface area contributed by atoms with Crippen molar-refractivity contribution in [1.82, 2.24) is 10.2 Å². The number of thiocyanates is 1. The number of methoxy groups -OCH3 is 2. The zero-order valence-electron chi connectivity index (χ0n) is 43.1. The average Bonchev–Trinajstić information content (AvgIpc) is 4.30. The van der Waals surface area contributed by atoms with Gasteiger partial charge in [0.15, 0.2) is 15.4 Å². The van der Waals surface area contributed by atoms with Crippen LogP contribution in [-0.2, 0) is 61.1 Å². The molecule has 2 aromatic rings. The van der Waals surface area contributed by atoms with Gasteiger partial charge >= 0.3 is 5.97 Å². The van der Waals surface area contributed by atoms with Crippen molar-refractivity contribution in [3.8, 4) is 17.5 Å². The summed E-state index contributed by atoms with van der Waals surface area (Å²) in [5.74, 6) is 0.362. The van der Waals surface area contributed by atoms with E-state index in [1.54, 1.807) is 38.2 Å². The third-order valence-electron chi connectivity index (χ3n) is 17.1. The van der Waals surface area contributed by atoms with Crippen molar-refractivity contribution in [2.24, 2.45) is 28.4 Å². The van der Waals surface area contributed by atoms with Crippen LogP contribution in [0.3, 0.4) is 0 Å². The number of nitrogens with two attached hydrogens (primary N) is 1. The smallest absolute Gasteiger partial charge is 0.328 e. The van der Waals surface area contributed by atoms with E-state index in [9.17, 15) is 25.4 Å². The number of ether oxygens (including phenoxy) is 6. The highest BCUT2D eigenvalue weighted by Gasteiger charge is 2.69. The van der Waals surface area contributed by atoms with Crippen LogP contribution in [0.5, 0.6) is 0 Å². The number of fused-ring (bicyclic) bond motifs is 4. The Labute approximate surface area is 437 Å². The maximum absolute atomic E-state index is 14.3. The fraction of sp³-hybridized carbons (Fsp3) is 0.679. The minimum absolute atomic E-state index is 0.0255. The number of hydrogen-bond acceptors (Lipinski definition) is 14. The third kappa shape index (κ3) is 10.7. The molecule has 0 aromatic heterocycles. The Kier molecular flexibility index (Phi) is 19.2. The molecule has 3 N–H and O–H groups in total. The molecule has 16 heteroatoms. The lowest BCUT2D eigenvalue weighted by atomic mass is 9.58. The molecule has 2 aromatic carbocycles. The van der Waals surface area contributed by atoms with E-state index >= 15 is 0 Å². The van der Waals surface area contributed by atoms with Crippen LogP contribution < -0.4 is 11.1 Å². The number of thiocarbonyl (C=S) groups is 1. The summed E-state index contributed by atoms with van der Waals surface area (Å²) in [4.78, 5) is 29.5. The van der Waals surface area contributed by atoms with Gasteiger partial charge in [0.1, 0.15) is 5.40 Å². The van der Waals surface area contributed by atoms with Crippen molar-refractivity contribution < 1.29 is 38.0 Å². The lowest BCUT2D eigenvalue weighted by Crippen LogP contribution is -2.58. The van der Waals surface area contributed by atoms with Gasteiger partial charge in [0.05, 0.1) is 60.8 Å². The minimum atomic E-state index is -1.11. The number of rotatable bonds is 10. The van der Waals surface area contributed by atoms with Gasteiger partial charge in [-0.05, 0) is 179 Å². The molecule has 390 valence electrons. The number of carbonyl (C=O) groups is 2. The zero-order valence-corrected chi connectivity index (χ0v) is 44.8. The zero-order chi connectivity index (χ0) is 51.5. The first-order valence-corrected chi connectivity index (χ1v) is 27.7. The molecule has 8 aliphatic rings. The summed E-state index contributed by atoms with van der Waals surface area (Å²) in [6, 6.07) is 15.8. The minimum Gasteiger partial charge on any atom is -0.465 e. The second kappa shape index (κ2) is 24.9. The van der Waals surface area contributed by atoms with Crippen molar-refractivity contribution in [2.75, 3.05) is 60.3 Å². The van der Waals surface area contributed by atoms with Crippen LogP contribution in [0.1, 0.15) is 144 Å². The predicted molar refractivity (Wildman–Crippen MR) is 279 cm³/mol. The number of hydrogen-bond donors (Lipinski definition) is 2. The molecule has 6 fully saturated rings. The van der Waals surface area contributed by atoms with Crippen LogP contribution >= 0.6 is 24.0 Å². The highest BCUT2D eigenvalue weighted by atomic mass is 32.2. The van der Waals surface area contributed by atoms with Crippen molar-refractivity contribution >= 4 is 41.0 Å². The van der Waals surface area contributed by atoms with Crippen molar-refractivity contribution in [3.63, 3.8) is 0 Å². The largest absolute Gasteiger partial charge is 0.465 e. The van der Waals surface area contributed by atoms with E-state index < -0.39 is 15.7 Å². The van der Waals surface area contributed by atoms with Gasteiger partial charge in [-0.3, -0.25) is 14.5 Å². The van der Waals surface area contributed by atoms with E-state index in [0.29, 0.717) is 53.7 Å². The monoisotopic (exact) mass is 1020 g/mol. The van der Waals surface area contributed by atoms with Crippen LogP contribution in [0.2, 0.25) is 0 Å². The first-order valence-electron chi connectivity index (χ1n) is 26.4. The van der Waals surface area contributed by atoms with Crippen LogP contribution in [0, 0.1) is 56.0 Å². The summed E-state index contributed by atoms with van der Waals surface area (Å²) in [6.45, 7) is 11.2. The van der Waals surface area contributed by atoms with E-state index in [0.717, 1.165) is 137 Å². The molecule has 2 saturated carbocycles. The van der Waals surface area contributed by atoms with Crippen LogP contribution in [0.15, 0.2) is 36.4 Å². The molecule has 0 radical (unpaired) electrons. The fourth-order valence-corrected chi connectivity index (χ4v) is 14.8. The van der Waals surface area contributed by atoms with Crippen LogP contribution in [-0.4, -0.2) is 107 Å². The summed E-state index contributed by atoms with van der Waals surface area (Å²) in [6.07, 6.45) is 16.3. The highest BCUT2D eigenvalue weighted by Crippen LogP contribution is 2.66. The summed E-state index contributed by atoms with van der Waals surface area (Å²) in [5.41, 5.74) is 8.68. The number of nitrogens with zero attached hydrogens (tertiary/aromatic N) is 4. The molecule has 10 rings (SSSR count). The van der Waals surface area contributed by atoms with Crippen LogP contribution in [0.25, 0.3) is 0 Å². The van der Waals surface area contributed by atoms with Crippen molar-refractivity contribution in [1.29, 1.82) is 15.8 Å². The standard InChI is InChI=1S/C25H31N3O3S.C22H26N2O3S.C5H11NO.C4H8O/c1-3-17-12-24(9-8-21(17)30-2)13-18-7-6-16(14-26)11-20(18)25(24)22(29)28(23(32)27-25)15-19-5-4-10-31-19;1-4-16-11-21(9-8-19(16)26-3)12-17-7-6-15(13-23)10-18(17)22(21,28-14-24)20(25)27-5-2;6-4-5-2-1-3-7-5;1-2-4-5-3-1/h6-7,11,17,19,21H,3-5,8-10,12-13,15H2,1-2H3,(H,27,32);6-7,10,16,19H,4-5,8-9,11-12H2,1-3H3;5H,1-4,6H2;1-4H2/t17-,19+,21-,24-,25+;16-,19-,21-,22+;5-;/m001./s1. The van der Waals surface area contributed by atoms with E-state index in [-0.39, 0.29) is 42.2 Å². The Balaban J connectivity index is 0.000000172. The summed E-state index contributed by atoms with van der Waals surface area (Å²) in [5, 5.41) is 34.9. The first kappa shape index (κ1) is 55.6. The molecule has 3 spiro atoms. The number of esters is 1. The van der Waals surface area contributed by atoms with E-state index in [1.807, 2.05) is 24.3 Å². The number of thioether (sulfide) groups is 1. The normalized spacial score (nSPS) is 32.8. The van der Waals surface area contributed by atoms with Gasteiger partial charge in [-0.2, -0.15) is 15.8 Å². The number of carbonyl (C=O) groups excluding carboxylic acids is 2. The first-order chi connectivity index (χ1) is 34.9. The Morgan fingerprint density at radius 1 is 0.806 bits per heavy atom. The van der Waals surface area contributed by atoms with Gasteiger partial charge in [-0.1, -0.05) is 38.8 Å². The van der Waals surface area contributed by atoms with E-state index in [2.05, 4.69) is 36.7 Å². The predicted octanol–water partition coefficient (Wildman–Crippen LogP) is 8.64. The Morgan fingerprint density at radius 2 is 1.36 bits per heavy atom. The summed E-state index contributed by atoms with van der Waals surface area (Å²) in [7, 11) is 3.54. The summed E-state index contributed by atoms with van der Waals surface area (Å²) < 4.78 is 31.9. The molecule has 0 bridgehead atoms. The lowest BCUT2D eigenvalue weighted by Gasteiger charge is -2.49. The molecule has 14 nitrogen and oxygen atoms in total. The number of nitrogens with one attached hydrogen (secondary N) is 1. The third-order valence-corrected chi connectivity index (χ3v) is 18.6. The molecular weight excluding hydrogens is 949 g/mol. The second-order valence-electron chi connectivity index (χ2n) is 20.8. The number of benzene rings is 2. The van der Waals surface area contributed by atoms with Gasteiger partial charge in [0.25, 0.3) is 5.91 Å². The Hall–Kier alpha value is -4.15. The molecule has 4 aliphatic carbocycles. The quantitative estimate of drug-likeness (QED) is 0.130. The van der Waals surface area contributed by atoms with Crippen LogP contribution in [0.4, 0.5) is 0 Å². The van der Waals surface area contributed by atoms with Gasteiger partial charge in [-0.25, -0.2) is 0 Å². The van der Waals surface area contributed by atoms with E-state index in [4.69, 9.17) is 46.4 Å². The molecule has 4 aliphatic heterocycles. The highest BCUT2D eigenvalue weighted by molar-refractivity contribution is 8.05. The molecule has 1 amide bonds. The summed E-state index contributed by atoms with van der Waals surface area (Å²) >= 11 is 6.76. The van der Waals surface area contributed by atoms with Gasteiger partial charge in [0.2, 0.25) is 0 Å². The molecule has 72 heavy (non-hydrogen) atoms. The molecule has 0 unspecified atom stereocenters. The van der Waals surface area contributed by atoms with Gasteiger partial charge in [0, 0.05) is 58.0 Å². The Bertz CT molecular complexity index is 2350. The van der Waals surface area contributed by atoms with Crippen molar-refractivity contribution in [2.45, 2.75) is 158 Å². The van der Waals surface area contributed by atoms with Gasteiger partial charge in [-0.15, -0.1) is 0 Å². The molecule has 10 atom stereocenters.